The van der Waals surface area contributed by atoms with Crippen LogP contribution in [0.1, 0.15) is 34.6 Å². The zero-order valence-corrected chi connectivity index (χ0v) is 15.2. The molecule has 2 rings (SSSR count). The lowest BCUT2D eigenvalue weighted by Crippen LogP contribution is -2.47. The Bertz CT molecular complexity index is 794. The average Bonchev–Trinajstić information content (AvgIpc) is 2.69. The van der Waals surface area contributed by atoms with E-state index in [1.54, 1.807) is 18.4 Å². The predicted octanol–water partition coefficient (Wildman–Crippen LogP) is 2.42. The number of fused-ring (bicyclic) bond motifs is 1. The number of carbonyl (C=O) groups excluding carboxylic acids is 1. The Morgan fingerprint density at radius 2 is 1.52 bits per heavy atom. The lowest BCUT2D eigenvalue weighted by molar-refractivity contribution is -0.123. The summed E-state index contributed by atoms with van der Waals surface area (Å²) in [5.74, 6) is -0.0343. The van der Waals surface area contributed by atoms with Gasteiger partial charge in [-0.25, -0.2) is 4.79 Å². The number of para-hydroxylation sites is 2. The van der Waals surface area contributed by atoms with E-state index in [4.69, 9.17) is 0 Å². The molecule has 0 fully saturated rings. The largest absolute Gasteiger partial charge is 0.330 e. The van der Waals surface area contributed by atoms with E-state index in [9.17, 15) is 9.59 Å². The van der Waals surface area contributed by atoms with Gasteiger partial charge in [0.25, 0.3) is 0 Å². The van der Waals surface area contributed by atoms with Crippen molar-refractivity contribution in [1.29, 1.82) is 0 Å². The molecule has 0 N–H and O–H groups in total. The molecule has 5 heteroatoms. The van der Waals surface area contributed by atoms with Crippen LogP contribution in [-0.4, -0.2) is 40.5 Å². The average molecular weight is 317 g/mol. The molecule has 0 aliphatic carbocycles. The zero-order chi connectivity index (χ0) is 17.6. The number of rotatable bonds is 5. The van der Waals surface area contributed by atoms with E-state index in [0.29, 0.717) is 0 Å². The van der Waals surface area contributed by atoms with Crippen LogP contribution in [-0.2, 0) is 15.9 Å². The second kappa shape index (κ2) is 5.64. The lowest BCUT2D eigenvalue weighted by atomic mass is 10.00. The number of carbonyl (C=O) groups is 1. The van der Waals surface area contributed by atoms with Gasteiger partial charge in [0.1, 0.15) is 5.54 Å². The number of benzene rings is 1. The van der Waals surface area contributed by atoms with Gasteiger partial charge < -0.3 is 4.90 Å². The first kappa shape index (κ1) is 17.5. The summed E-state index contributed by atoms with van der Waals surface area (Å²) in [6, 6.07) is 7.68. The monoisotopic (exact) mass is 317 g/mol. The minimum absolute atomic E-state index is 0.0343. The number of Topliss-reactive ketones (excluding diaryl/α,β-unsaturated/α-hetero) is 1. The van der Waals surface area contributed by atoms with Gasteiger partial charge in [-0.05, 0) is 60.8 Å². The van der Waals surface area contributed by atoms with E-state index < -0.39 is 11.1 Å². The molecule has 1 aromatic carbocycles. The first-order chi connectivity index (χ1) is 10.5. The van der Waals surface area contributed by atoms with E-state index in [-0.39, 0.29) is 11.5 Å². The quantitative estimate of drug-likeness (QED) is 0.851. The first-order valence-electron chi connectivity index (χ1n) is 7.89. The van der Waals surface area contributed by atoms with Crippen LogP contribution in [0.15, 0.2) is 29.1 Å². The normalized spacial score (nSPS) is 13.0. The Hall–Kier alpha value is -1.88. The van der Waals surface area contributed by atoms with Crippen LogP contribution < -0.4 is 5.69 Å². The molecule has 0 saturated carbocycles. The van der Waals surface area contributed by atoms with E-state index >= 15 is 0 Å². The van der Waals surface area contributed by atoms with Crippen LogP contribution in [0.4, 0.5) is 0 Å². The highest BCUT2D eigenvalue weighted by molar-refractivity contribution is 5.86. The van der Waals surface area contributed by atoms with E-state index in [0.717, 1.165) is 17.6 Å². The summed E-state index contributed by atoms with van der Waals surface area (Å²) in [5.41, 5.74) is 0.246. The van der Waals surface area contributed by atoms with Crippen LogP contribution in [0.5, 0.6) is 0 Å². The SMILES string of the molecule is CC(=O)C(C)(C)n1c(=O)n(C(C)(C)CN(C)C)c2ccccc21. The van der Waals surface area contributed by atoms with Crippen molar-refractivity contribution >= 4 is 16.8 Å². The molecule has 1 heterocycles. The van der Waals surface area contributed by atoms with Crippen molar-refractivity contribution < 1.29 is 4.79 Å². The third-order valence-corrected chi connectivity index (χ3v) is 4.48. The third kappa shape index (κ3) is 2.85. The maximum absolute atomic E-state index is 13.2. The van der Waals surface area contributed by atoms with Crippen LogP contribution >= 0.6 is 0 Å². The molecule has 1 aromatic heterocycles. The smallest absolute Gasteiger partial charge is 0.307 e. The van der Waals surface area contributed by atoms with Crippen molar-refractivity contribution in [1.82, 2.24) is 14.0 Å². The number of imidazole rings is 1. The molecule has 0 spiro atoms. The molecular weight excluding hydrogens is 290 g/mol. The van der Waals surface area contributed by atoms with Crippen molar-refractivity contribution in [3.05, 3.63) is 34.7 Å². The third-order valence-electron chi connectivity index (χ3n) is 4.48. The highest BCUT2D eigenvalue weighted by Crippen LogP contribution is 2.26. The van der Waals surface area contributed by atoms with Gasteiger partial charge in [0, 0.05) is 6.54 Å². The Labute approximate surface area is 137 Å². The zero-order valence-electron chi connectivity index (χ0n) is 15.2. The van der Waals surface area contributed by atoms with Crippen LogP contribution in [0.25, 0.3) is 11.0 Å². The summed E-state index contributed by atoms with van der Waals surface area (Å²) in [7, 11) is 3.98. The number of hydrogen-bond donors (Lipinski definition) is 0. The fourth-order valence-corrected chi connectivity index (χ4v) is 3.28. The van der Waals surface area contributed by atoms with Gasteiger partial charge in [-0.3, -0.25) is 13.9 Å². The molecule has 5 nitrogen and oxygen atoms in total. The summed E-state index contributed by atoms with van der Waals surface area (Å²) in [6.07, 6.45) is 0. The van der Waals surface area contributed by atoms with Gasteiger partial charge in [-0.15, -0.1) is 0 Å². The van der Waals surface area contributed by atoms with Crippen molar-refractivity contribution in [2.75, 3.05) is 20.6 Å². The van der Waals surface area contributed by atoms with Crippen LogP contribution in [0.2, 0.25) is 0 Å². The van der Waals surface area contributed by atoms with Crippen LogP contribution in [0.3, 0.4) is 0 Å². The number of likely N-dealkylation sites (N-methyl/N-ethyl adjacent to an activating group) is 1. The highest BCUT2D eigenvalue weighted by atomic mass is 16.2. The van der Waals surface area contributed by atoms with Gasteiger partial charge in [0.05, 0.1) is 16.6 Å². The Morgan fingerprint density at radius 1 is 1.04 bits per heavy atom. The summed E-state index contributed by atoms with van der Waals surface area (Å²) in [5, 5.41) is 0. The molecule has 0 bridgehead atoms. The molecule has 0 unspecified atom stereocenters. The summed E-state index contributed by atoms with van der Waals surface area (Å²) < 4.78 is 3.44. The molecule has 0 amide bonds. The number of aromatic nitrogens is 2. The van der Waals surface area contributed by atoms with E-state index in [1.165, 1.54) is 6.92 Å². The van der Waals surface area contributed by atoms with Gasteiger partial charge in [0.15, 0.2) is 5.78 Å². The second-order valence-electron chi connectivity index (χ2n) is 7.61. The van der Waals surface area contributed by atoms with Crippen molar-refractivity contribution in [3.63, 3.8) is 0 Å². The number of hydrogen-bond acceptors (Lipinski definition) is 3. The number of nitrogens with zero attached hydrogens (tertiary/aromatic N) is 3. The minimum atomic E-state index is -0.879. The predicted molar refractivity (Wildman–Crippen MR) is 94.1 cm³/mol. The molecule has 23 heavy (non-hydrogen) atoms. The maximum Gasteiger partial charge on any atom is 0.330 e. The fourth-order valence-electron chi connectivity index (χ4n) is 3.28. The maximum atomic E-state index is 13.2. The molecule has 0 radical (unpaired) electrons. The minimum Gasteiger partial charge on any atom is -0.307 e. The molecular formula is C18H27N3O2. The molecule has 0 saturated heterocycles. The Balaban J connectivity index is 2.87. The van der Waals surface area contributed by atoms with E-state index in [1.807, 2.05) is 56.8 Å². The van der Waals surface area contributed by atoms with Crippen molar-refractivity contribution in [2.45, 2.75) is 45.7 Å². The molecule has 0 atom stereocenters. The Morgan fingerprint density at radius 3 is 1.96 bits per heavy atom. The van der Waals surface area contributed by atoms with Crippen molar-refractivity contribution in [3.8, 4) is 0 Å². The van der Waals surface area contributed by atoms with Gasteiger partial charge in [0.2, 0.25) is 0 Å². The van der Waals surface area contributed by atoms with Crippen LogP contribution in [0, 0.1) is 0 Å². The standard InChI is InChI=1S/C18H27N3O2/c1-13(22)18(4,5)21-15-11-9-8-10-14(15)20(16(21)23)17(2,3)12-19(6)7/h8-11H,12H2,1-7H3. The fraction of sp³-hybridized carbons (Fsp3) is 0.556. The molecule has 0 aliphatic heterocycles. The van der Waals surface area contributed by atoms with Gasteiger partial charge in [-0.1, -0.05) is 12.1 Å². The number of ketones is 1. The molecule has 0 aliphatic rings. The van der Waals surface area contributed by atoms with Gasteiger partial charge in [-0.2, -0.15) is 0 Å². The highest BCUT2D eigenvalue weighted by Gasteiger charge is 2.34. The summed E-state index contributed by atoms with van der Waals surface area (Å²) in [4.78, 5) is 27.4. The second-order valence-corrected chi connectivity index (χ2v) is 7.61. The Kier molecular flexibility index (Phi) is 4.28. The van der Waals surface area contributed by atoms with Gasteiger partial charge >= 0.3 is 5.69 Å². The van der Waals surface area contributed by atoms with Crippen molar-refractivity contribution in [2.24, 2.45) is 0 Å². The summed E-state index contributed by atoms with van der Waals surface area (Å²) in [6.45, 7) is 9.95. The summed E-state index contributed by atoms with van der Waals surface area (Å²) >= 11 is 0. The molecule has 2 aromatic rings. The topological polar surface area (TPSA) is 47.2 Å². The van der Waals surface area contributed by atoms with E-state index in [2.05, 4.69) is 4.90 Å². The first-order valence-corrected chi connectivity index (χ1v) is 7.89. The lowest BCUT2D eigenvalue weighted by Gasteiger charge is -2.30. The molecule has 126 valence electrons.